The van der Waals surface area contributed by atoms with Crippen molar-refractivity contribution in [1.82, 2.24) is 15.1 Å². The van der Waals surface area contributed by atoms with Crippen LogP contribution in [0, 0.1) is 0 Å². The van der Waals surface area contributed by atoms with Gasteiger partial charge in [0.25, 0.3) is 0 Å². The van der Waals surface area contributed by atoms with E-state index in [1.165, 1.54) is 6.07 Å². The number of hydrogen-bond acceptors (Lipinski definition) is 4. The van der Waals surface area contributed by atoms with Crippen LogP contribution < -0.4 is 16.7 Å². The Morgan fingerprint density at radius 1 is 1.32 bits per heavy atom. The molecule has 0 aliphatic carbocycles. The molecule has 7 heteroatoms. The second-order valence-electron chi connectivity index (χ2n) is 4.83. The lowest BCUT2D eigenvalue weighted by atomic mass is 10.1. The van der Waals surface area contributed by atoms with Gasteiger partial charge in [-0.15, -0.1) is 0 Å². The third-order valence-corrected chi connectivity index (χ3v) is 3.37. The lowest BCUT2D eigenvalue weighted by Gasteiger charge is -2.30. The molecule has 0 atom stereocenters. The highest BCUT2D eigenvalue weighted by molar-refractivity contribution is 5.76. The molecule has 1 amide bonds. The topological polar surface area (TPSA) is 112 Å². The Labute approximate surface area is 109 Å². The summed E-state index contributed by atoms with van der Waals surface area (Å²) in [5.74, 6) is 0.0546. The van der Waals surface area contributed by atoms with Crippen molar-refractivity contribution >= 4 is 5.91 Å². The molecule has 2 heterocycles. The number of likely N-dealkylation sites (tertiary alicyclic amines) is 1. The first-order valence-electron chi connectivity index (χ1n) is 6.40. The molecule has 4 N–H and O–H groups in total. The highest BCUT2D eigenvalue weighted by Crippen LogP contribution is 2.10. The van der Waals surface area contributed by atoms with Crippen molar-refractivity contribution in [2.75, 3.05) is 13.1 Å². The fourth-order valence-electron chi connectivity index (χ4n) is 2.14. The Morgan fingerprint density at radius 2 is 2.00 bits per heavy atom. The van der Waals surface area contributed by atoms with Gasteiger partial charge in [-0.1, -0.05) is 0 Å². The molecule has 19 heavy (non-hydrogen) atoms. The number of carbonyl (C=O) groups is 1. The maximum atomic E-state index is 12.0. The van der Waals surface area contributed by atoms with E-state index in [1.807, 2.05) is 0 Å². The molecule has 7 nitrogen and oxygen atoms in total. The van der Waals surface area contributed by atoms with Crippen molar-refractivity contribution in [2.24, 2.45) is 5.73 Å². The number of hydrogen-bond donors (Lipinski definition) is 3. The van der Waals surface area contributed by atoms with E-state index in [2.05, 4.69) is 10.2 Å². The number of carbonyl (C=O) groups excluding carboxylic acids is 1. The Bertz CT molecular complexity index is 555. The number of aryl methyl sites for hydroxylation is 1. The predicted molar refractivity (Wildman–Crippen MR) is 69.8 cm³/mol. The summed E-state index contributed by atoms with van der Waals surface area (Å²) in [6, 6.07) is 1.43. The van der Waals surface area contributed by atoms with Crippen LogP contribution in [0.15, 0.2) is 15.7 Å². The van der Waals surface area contributed by atoms with Crippen LogP contribution in [0.2, 0.25) is 0 Å². The van der Waals surface area contributed by atoms with Crippen LogP contribution >= 0.6 is 0 Å². The van der Waals surface area contributed by atoms with Crippen LogP contribution in [-0.4, -0.2) is 40.1 Å². The van der Waals surface area contributed by atoms with Gasteiger partial charge in [-0.05, 0) is 19.3 Å². The van der Waals surface area contributed by atoms with Gasteiger partial charge in [-0.2, -0.15) is 0 Å². The quantitative estimate of drug-likeness (QED) is 0.606. The Morgan fingerprint density at radius 3 is 2.63 bits per heavy atom. The molecular formula is C12H18N4O3. The predicted octanol–water partition coefficient (Wildman–Crippen LogP) is -1.05. The molecule has 2 rings (SSSR count). The molecule has 0 unspecified atom stereocenters. The highest BCUT2D eigenvalue weighted by Gasteiger charge is 2.20. The fourth-order valence-corrected chi connectivity index (χ4v) is 2.14. The summed E-state index contributed by atoms with van der Waals surface area (Å²) in [6.45, 7) is 1.39. The molecule has 1 saturated heterocycles. The Kier molecular flexibility index (Phi) is 4.16. The molecule has 1 aromatic heterocycles. The summed E-state index contributed by atoms with van der Waals surface area (Å²) in [5.41, 5.74) is 5.07. The van der Waals surface area contributed by atoms with E-state index >= 15 is 0 Å². The first-order chi connectivity index (χ1) is 9.06. The third kappa shape index (κ3) is 3.54. The van der Waals surface area contributed by atoms with Gasteiger partial charge in [-0.25, -0.2) is 0 Å². The van der Waals surface area contributed by atoms with Gasteiger partial charge in [0.1, 0.15) is 0 Å². The summed E-state index contributed by atoms with van der Waals surface area (Å²) < 4.78 is 0. The number of nitrogens with two attached hydrogens (primary N) is 1. The average molecular weight is 266 g/mol. The summed E-state index contributed by atoms with van der Waals surface area (Å²) in [7, 11) is 0. The van der Waals surface area contributed by atoms with Crippen LogP contribution in [-0.2, 0) is 11.2 Å². The standard InChI is InChI=1S/C12H18N4O3/c13-8-3-5-16(6-4-8)11(18)2-1-9-7-10(17)12(19)15-14-9/h7-8H,1-6,13H2,(H,14,17)(H,15,19). The van der Waals surface area contributed by atoms with Gasteiger partial charge in [0.05, 0.1) is 0 Å². The van der Waals surface area contributed by atoms with Crippen molar-refractivity contribution in [1.29, 1.82) is 0 Å². The zero-order valence-electron chi connectivity index (χ0n) is 10.6. The smallest absolute Gasteiger partial charge is 0.310 e. The maximum absolute atomic E-state index is 12.0. The van der Waals surface area contributed by atoms with Crippen LogP contribution in [0.3, 0.4) is 0 Å². The minimum atomic E-state index is -0.680. The van der Waals surface area contributed by atoms with E-state index < -0.39 is 11.0 Å². The molecule has 1 fully saturated rings. The fraction of sp³-hybridized carbons (Fsp3) is 0.583. The summed E-state index contributed by atoms with van der Waals surface area (Å²) in [6.07, 6.45) is 2.40. The van der Waals surface area contributed by atoms with E-state index in [1.54, 1.807) is 4.90 Å². The maximum Gasteiger partial charge on any atom is 0.310 e. The molecule has 104 valence electrons. The van der Waals surface area contributed by atoms with E-state index in [4.69, 9.17) is 5.73 Å². The number of piperidine rings is 1. The van der Waals surface area contributed by atoms with Crippen molar-refractivity contribution in [3.8, 4) is 0 Å². The van der Waals surface area contributed by atoms with Gasteiger partial charge < -0.3 is 15.7 Å². The second-order valence-corrected chi connectivity index (χ2v) is 4.83. The number of rotatable bonds is 3. The van der Waals surface area contributed by atoms with E-state index in [9.17, 15) is 14.4 Å². The summed E-state index contributed by atoms with van der Waals surface area (Å²) in [5, 5.41) is 4.86. The Hall–Kier alpha value is -1.89. The zero-order chi connectivity index (χ0) is 13.8. The highest BCUT2D eigenvalue weighted by atomic mass is 16.2. The molecule has 0 radical (unpaired) electrons. The van der Waals surface area contributed by atoms with Crippen molar-refractivity contribution < 1.29 is 4.79 Å². The van der Waals surface area contributed by atoms with E-state index in [0.29, 0.717) is 31.6 Å². The lowest BCUT2D eigenvalue weighted by Crippen LogP contribution is -2.43. The third-order valence-electron chi connectivity index (χ3n) is 3.37. The van der Waals surface area contributed by atoms with E-state index in [-0.39, 0.29) is 11.9 Å². The monoisotopic (exact) mass is 266 g/mol. The van der Waals surface area contributed by atoms with Crippen molar-refractivity contribution in [2.45, 2.75) is 31.7 Å². The zero-order valence-corrected chi connectivity index (χ0v) is 10.6. The molecule has 0 aromatic carbocycles. The second kappa shape index (κ2) is 5.83. The largest absolute Gasteiger partial charge is 0.343 e. The van der Waals surface area contributed by atoms with Gasteiger partial charge in [0.15, 0.2) is 0 Å². The number of H-pyrrole nitrogens is 2. The van der Waals surface area contributed by atoms with Crippen LogP contribution in [0.4, 0.5) is 0 Å². The average Bonchev–Trinajstić information content (AvgIpc) is 2.40. The number of amides is 1. The Balaban J connectivity index is 1.88. The van der Waals surface area contributed by atoms with Crippen molar-refractivity contribution in [3.63, 3.8) is 0 Å². The molecule has 1 aromatic rings. The van der Waals surface area contributed by atoms with Gasteiger partial charge in [0.2, 0.25) is 11.3 Å². The minimum Gasteiger partial charge on any atom is -0.343 e. The van der Waals surface area contributed by atoms with Crippen LogP contribution in [0.25, 0.3) is 0 Å². The summed E-state index contributed by atoms with van der Waals surface area (Å²) >= 11 is 0. The number of nitrogens with one attached hydrogen (secondary N) is 2. The molecule has 0 spiro atoms. The van der Waals surface area contributed by atoms with Crippen LogP contribution in [0.1, 0.15) is 25.0 Å². The number of aromatic nitrogens is 2. The molecule has 0 bridgehead atoms. The van der Waals surface area contributed by atoms with Gasteiger partial charge >= 0.3 is 5.56 Å². The number of nitrogens with zero attached hydrogens (tertiary/aromatic N) is 1. The lowest BCUT2D eigenvalue weighted by molar-refractivity contribution is -0.132. The normalized spacial score (nSPS) is 16.6. The van der Waals surface area contributed by atoms with Gasteiger partial charge in [-0.3, -0.25) is 19.5 Å². The first-order valence-corrected chi connectivity index (χ1v) is 6.40. The molecule has 1 aliphatic heterocycles. The van der Waals surface area contributed by atoms with E-state index in [0.717, 1.165) is 12.8 Å². The minimum absolute atomic E-state index is 0.0546. The molecule has 0 saturated carbocycles. The van der Waals surface area contributed by atoms with Crippen molar-refractivity contribution in [3.05, 3.63) is 32.3 Å². The first kappa shape index (κ1) is 13.5. The molecule has 1 aliphatic rings. The summed E-state index contributed by atoms with van der Waals surface area (Å²) in [4.78, 5) is 35.8. The van der Waals surface area contributed by atoms with Crippen LogP contribution in [0.5, 0.6) is 0 Å². The molecular weight excluding hydrogens is 248 g/mol. The van der Waals surface area contributed by atoms with Gasteiger partial charge in [0, 0.05) is 37.3 Å². The SMILES string of the molecule is NC1CCN(C(=O)CCc2cc(=O)c(=O)[nH][nH]2)CC1. The number of aromatic amines is 2.